The summed E-state index contributed by atoms with van der Waals surface area (Å²) in [6, 6.07) is 3.33. The Balaban J connectivity index is 2.75. The van der Waals surface area contributed by atoms with E-state index in [0.717, 1.165) is 18.8 Å². The van der Waals surface area contributed by atoms with Gasteiger partial charge in [0, 0.05) is 24.3 Å². The minimum Gasteiger partial charge on any atom is -0.369 e. The Kier molecular flexibility index (Phi) is 4.05. The smallest absolute Gasteiger partial charge is 0.248 e. The Hall–Kier alpha value is -1.62. The lowest BCUT2D eigenvalue weighted by Gasteiger charge is -2.07. The van der Waals surface area contributed by atoms with Gasteiger partial charge in [0.25, 0.3) is 0 Å². The van der Waals surface area contributed by atoms with Crippen LogP contribution in [0.15, 0.2) is 12.1 Å². The van der Waals surface area contributed by atoms with Gasteiger partial charge in [0.05, 0.1) is 0 Å². The third-order valence-corrected chi connectivity index (χ3v) is 1.92. The zero-order chi connectivity index (χ0) is 11.3. The van der Waals surface area contributed by atoms with Crippen LogP contribution in [-0.4, -0.2) is 31.0 Å². The molecule has 0 unspecified atom stereocenters. The number of anilines is 1. The summed E-state index contributed by atoms with van der Waals surface area (Å²) in [7, 11) is 1.88. The molecule has 0 radical (unpaired) electrons. The van der Waals surface area contributed by atoms with Crippen molar-refractivity contribution in [1.82, 2.24) is 10.3 Å². The number of nitrogens with zero attached hydrogens (tertiary/aromatic N) is 1. The van der Waals surface area contributed by atoms with E-state index in [1.807, 2.05) is 14.0 Å². The first kappa shape index (κ1) is 11.5. The van der Waals surface area contributed by atoms with Crippen LogP contribution in [0.3, 0.4) is 0 Å². The first-order valence-corrected chi connectivity index (χ1v) is 4.80. The molecule has 0 saturated carbocycles. The minimum absolute atomic E-state index is 0.433. The Labute approximate surface area is 89.1 Å². The first-order chi connectivity index (χ1) is 7.13. The quantitative estimate of drug-likeness (QED) is 0.600. The maximum absolute atomic E-state index is 11.0. The zero-order valence-electron chi connectivity index (χ0n) is 9.00. The number of likely N-dealkylation sites (N-methyl/N-ethyl adjacent to an activating group) is 1. The van der Waals surface area contributed by atoms with Crippen molar-refractivity contribution in [3.63, 3.8) is 0 Å². The number of aryl methyl sites for hydroxylation is 1. The predicted molar refractivity (Wildman–Crippen MR) is 59.9 cm³/mol. The lowest BCUT2D eigenvalue weighted by atomic mass is 10.2. The van der Waals surface area contributed by atoms with Crippen LogP contribution < -0.4 is 16.4 Å². The topological polar surface area (TPSA) is 80.0 Å². The normalized spacial score (nSPS) is 10.0. The summed E-state index contributed by atoms with van der Waals surface area (Å²) in [5, 5.41) is 6.11. The van der Waals surface area contributed by atoms with E-state index < -0.39 is 5.91 Å². The average Bonchev–Trinajstić information content (AvgIpc) is 2.17. The molecule has 0 saturated heterocycles. The summed E-state index contributed by atoms with van der Waals surface area (Å²) in [4.78, 5) is 15.2. The van der Waals surface area contributed by atoms with E-state index in [0.29, 0.717) is 11.4 Å². The molecule has 0 aromatic carbocycles. The molecule has 15 heavy (non-hydrogen) atoms. The fourth-order valence-electron chi connectivity index (χ4n) is 1.22. The van der Waals surface area contributed by atoms with Crippen molar-refractivity contribution >= 4 is 11.7 Å². The third kappa shape index (κ3) is 3.55. The van der Waals surface area contributed by atoms with Gasteiger partial charge in [0.1, 0.15) is 5.82 Å². The molecule has 5 heteroatoms. The number of carbonyl (C=O) groups is 1. The second-order valence-corrected chi connectivity index (χ2v) is 3.28. The highest BCUT2D eigenvalue weighted by Crippen LogP contribution is 2.09. The van der Waals surface area contributed by atoms with Gasteiger partial charge >= 0.3 is 0 Å². The molecule has 1 aromatic rings. The summed E-state index contributed by atoms with van der Waals surface area (Å²) < 4.78 is 0. The molecule has 82 valence electrons. The summed E-state index contributed by atoms with van der Waals surface area (Å²) in [5.41, 5.74) is 6.46. The molecule has 1 aromatic heterocycles. The van der Waals surface area contributed by atoms with E-state index in [4.69, 9.17) is 5.73 Å². The number of aromatic nitrogens is 1. The molecule has 4 N–H and O–H groups in total. The monoisotopic (exact) mass is 208 g/mol. The van der Waals surface area contributed by atoms with E-state index in [1.165, 1.54) is 0 Å². The van der Waals surface area contributed by atoms with Crippen molar-refractivity contribution in [1.29, 1.82) is 0 Å². The maximum atomic E-state index is 11.0. The predicted octanol–water partition coefficient (Wildman–Crippen LogP) is 0.120. The van der Waals surface area contributed by atoms with Gasteiger partial charge in [0.2, 0.25) is 5.91 Å². The molecule has 0 fully saturated rings. The molecule has 1 amide bonds. The molecule has 0 aliphatic heterocycles. The number of rotatable bonds is 5. The number of carbonyl (C=O) groups excluding carboxylic acids is 1. The van der Waals surface area contributed by atoms with Gasteiger partial charge in [0.15, 0.2) is 0 Å². The summed E-state index contributed by atoms with van der Waals surface area (Å²) >= 11 is 0. The van der Waals surface area contributed by atoms with E-state index >= 15 is 0 Å². The van der Waals surface area contributed by atoms with Gasteiger partial charge in [-0.25, -0.2) is 4.98 Å². The van der Waals surface area contributed by atoms with Gasteiger partial charge in [-0.15, -0.1) is 0 Å². The highest BCUT2D eigenvalue weighted by atomic mass is 16.1. The van der Waals surface area contributed by atoms with Gasteiger partial charge in [-0.05, 0) is 26.1 Å². The minimum atomic E-state index is -0.433. The average molecular weight is 208 g/mol. The van der Waals surface area contributed by atoms with Crippen LogP contribution in [0.2, 0.25) is 0 Å². The zero-order valence-corrected chi connectivity index (χ0v) is 9.00. The van der Waals surface area contributed by atoms with Crippen molar-refractivity contribution < 1.29 is 4.79 Å². The Morgan fingerprint density at radius 2 is 2.20 bits per heavy atom. The van der Waals surface area contributed by atoms with Crippen LogP contribution in [0.25, 0.3) is 0 Å². The molecule has 0 bridgehead atoms. The Bertz CT molecular complexity index is 351. The van der Waals surface area contributed by atoms with Crippen molar-refractivity contribution in [2.45, 2.75) is 6.92 Å². The third-order valence-electron chi connectivity index (χ3n) is 1.92. The largest absolute Gasteiger partial charge is 0.369 e. The SMILES string of the molecule is CNCCNc1cc(C(N)=O)cc(C)n1. The number of hydrogen-bond donors (Lipinski definition) is 3. The number of nitrogens with one attached hydrogen (secondary N) is 2. The van der Waals surface area contributed by atoms with Gasteiger partial charge in [-0.3, -0.25) is 4.79 Å². The van der Waals surface area contributed by atoms with Crippen LogP contribution >= 0.6 is 0 Å². The van der Waals surface area contributed by atoms with E-state index in [-0.39, 0.29) is 0 Å². The van der Waals surface area contributed by atoms with Crippen LogP contribution in [0.5, 0.6) is 0 Å². The number of amides is 1. The van der Waals surface area contributed by atoms with E-state index in [9.17, 15) is 4.79 Å². The first-order valence-electron chi connectivity index (χ1n) is 4.80. The molecule has 1 heterocycles. The molecule has 0 spiro atoms. The van der Waals surface area contributed by atoms with E-state index in [1.54, 1.807) is 12.1 Å². The number of pyridine rings is 1. The lowest BCUT2D eigenvalue weighted by molar-refractivity contribution is 0.1000. The summed E-state index contributed by atoms with van der Waals surface area (Å²) in [6.07, 6.45) is 0. The second-order valence-electron chi connectivity index (χ2n) is 3.28. The van der Waals surface area contributed by atoms with Crippen LogP contribution in [0.4, 0.5) is 5.82 Å². The Morgan fingerprint density at radius 3 is 2.80 bits per heavy atom. The molecular weight excluding hydrogens is 192 g/mol. The van der Waals surface area contributed by atoms with Crippen LogP contribution in [0, 0.1) is 6.92 Å². The molecule has 0 aliphatic carbocycles. The van der Waals surface area contributed by atoms with Crippen molar-refractivity contribution in [2.75, 3.05) is 25.5 Å². The van der Waals surface area contributed by atoms with Crippen molar-refractivity contribution in [3.05, 3.63) is 23.4 Å². The molecule has 1 rings (SSSR count). The van der Waals surface area contributed by atoms with Crippen LogP contribution in [0.1, 0.15) is 16.1 Å². The van der Waals surface area contributed by atoms with E-state index in [2.05, 4.69) is 15.6 Å². The van der Waals surface area contributed by atoms with Crippen molar-refractivity contribution in [2.24, 2.45) is 5.73 Å². The molecule has 0 aliphatic rings. The van der Waals surface area contributed by atoms with Gasteiger partial charge in [-0.1, -0.05) is 0 Å². The van der Waals surface area contributed by atoms with Gasteiger partial charge < -0.3 is 16.4 Å². The maximum Gasteiger partial charge on any atom is 0.248 e. The highest BCUT2D eigenvalue weighted by Gasteiger charge is 2.04. The number of nitrogens with two attached hydrogens (primary N) is 1. The summed E-state index contributed by atoms with van der Waals surface area (Å²) in [6.45, 7) is 3.42. The fourth-order valence-corrected chi connectivity index (χ4v) is 1.22. The second kappa shape index (κ2) is 5.31. The molecule has 5 nitrogen and oxygen atoms in total. The lowest BCUT2D eigenvalue weighted by Crippen LogP contribution is -2.19. The molecular formula is C10H16N4O. The van der Waals surface area contributed by atoms with Crippen molar-refractivity contribution in [3.8, 4) is 0 Å². The fraction of sp³-hybridized carbons (Fsp3) is 0.400. The Morgan fingerprint density at radius 1 is 1.47 bits per heavy atom. The van der Waals surface area contributed by atoms with Gasteiger partial charge in [-0.2, -0.15) is 0 Å². The number of hydrogen-bond acceptors (Lipinski definition) is 4. The standard InChI is InChI=1S/C10H16N4O/c1-7-5-8(10(11)15)6-9(14-7)13-4-3-12-2/h5-6,12H,3-4H2,1-2H3,(H2,11,15)(H,13,14). The highest BCUT2D eigenvalue weighted by molar-refractivity contribution is 5.93. The van der Waals surface area contributed by atoms with Crippen LogP contribution in [-0.2, 0) is 0 Å². The molecule has 0 atom stereocenters. The summed E-state index contributed by atoms with van der Waals surface area (Å²) in [5.74, 6) is 0.246. The number of primary amides is 1.